The number of esters is 1. The Labute approximate surface area is 444 Å². The van der Waals surface area contributed by atoms with E-state index in [9.17, 15) is 19.8 Å². The van der Waals surface area contributed by atoms with Crippen LogP contribution < -0.4 is 5.32 Å². The predicted molar refractivity (Wildman–Crippen MR) is 310 cm³/mol. The van der Waals surface area contributed by atoms with Gasteiger partial charge in [-0.15, -0.1) is 0 Å². The van der Waals surface area contributed by atoms with Gasteiger partial charge < -0.3 is 20.3 Å². The molecule has 2 atom stereocenters. The molecule has 0 aromatic heterocycles. The van der Waals surface area contributed by atoms with Crippen molar-refractivity contribution < 1.29 is 24.5 Å². The van der Waals surface area contributed by atoms with E-state index in [1.807, 2.05) is 0 Å². The van der Waals surface area contributed by atoms with Crippen molar-refractivity contribution >= 4 is 11.9 Å². The first-order valence-electron chi connectivity index (χ1n) is 32.4. The molecule has 1 amide bonds. The fraction of sp³-hybridized carbons (Fsp3) is 0.938. The SMILES string of the molecule is CCCCCCCCC/C=C\CCCCCCCC(=O)OCCCCCCCCCCCCCCCCCCCCCCCCCCC(=O)NC(CO)C(O)CCCCCCCCCCCCCCCC. The van der Waals surface area contributed by atoms with E-state index in [2.05, 4.69) is 31.3 Å². The highest BCUT2D eigenvalue weighted by molar-refractivity contribution is 5.76. The van der Waals surface area contributed by atoms with Gasteiger partial charge in [0.25, 0.3) is 0 Å². The quantitative estimate of drug-likeness (QED) is 0.0320. The van der Waals surface area contributed by atoms with Crippen molar-refractivity contribution in [2.24, 2.45) is 0 Å². The van der Waals surface area contributed by atoms with Crippen LogP contribution in [0.4, 0.5) is 0 Å². The average molecular weight is 1000 g/mol. The largest absolute Gasteiger partial charge is 0.466 e. The van der Waals surface area contributed by atoms with Crippen molar-refractivity contribution in [2.75, 3.05) is 13.2 Å². The van der Waals surface area contributed by atoms with E-state index in [1.165, 1.54) is 289 Å². The summed E-state index contributed by atoms with van der Waals surface area (Å²) in [7, 11) is 0. The van der Waals surface area contributed by atoms with Crippen molar-refractivity contribution in [2.45, 2.75) is 379 Å². The van der Waals surface area contributed by atoms with E-state index in [0.717, 1.165) is 44.9 Å². The van der Waals surface area contributed by atoms with E-state index in [1.54, 1.807) is 0 Å². The Morgan fingerprint density at radius 3 is 1.00 bits per heavy atom. The molecule has 0 aliphatic rings. The summed E-state index contributed by atoms with van der Waals surface area (Å²) in [5.74, 6) is -0.0226. The van der Waals surface area contributed by atoms with Gasteiger partial charge in [0.2, 0.25) is 5.91 Å². The standard InChI is InChI=1S/C65H127NO5/c1-3-5-7-9-11-13-15-17-19-31-35-39-43-47-51-55-59-65(70)71-60-56-52-48-44-40-36-32-29-27-25-23-21-20-22-24-26-28-30-34-38-42-46-50-54-58-64(69)66-62(61-67)63(68)57-53-49-45-41-37-33-18-16-14-12-10-8-6-4-2/h19,31,62-63,67-68H,3-18,20-30,32-61H2,1-2H3,(H,66,69)/b31-19-. The summed E-state index contributed by atoms with van der Waals surface area (Å²) in [6.45, 7) is 4.97. The van der Waals surface area contributed by atoms with Crippen molar-refractivity contribution in [1.29, 1.82) is 0 Å². The van der Waals surface area contributed by atoms with Crippen molar-refractivity contribution in [1.82, 2.24) is 5.32 Å². The van der Waals surface area contributed by atoms with Crippen LogP contribution >= 0.6 is 0 Å². The van der Waals surface area contributed by atoms with Gasteiger partial charge in [0.05, 0.1) is 25.4 Å². The number of rotatable bonds is 61. The number of unbranched alkanes of at least 4 members (excludes halogenated alkanes) is 48. The van der Waals surface area contributed by atoms with Crippen LogP contribution in [-0.4, -0.2) is 47.4 Å². The first kappa shape index (κ1) is 69.6. The molecule has 0 aliphatic heterocycles. The zero-order valence-corrected chi connectivity index (χ0v) is 48.2. The fourth-order valence-corrected chi connectivity index (χ4v) is 10.3. The molecule has 2 unspecified atom stereocenters. The third-order valence-electron chi connectivity index (χ3n) is 15.3. The number of aliphatic hydroxyl groups excluding tert-OH is 2. The Hall–Kier alpha value is -1.40. The van der Waals surface area contributed by atoms with Gasteiger partial charge in [0.1, 0.15) is 0 Å². The van der Waals surface area contributed by atoms with Crippen LogP contribution in [0.3, 0.4) is 0 Å². The van der Waals surface area contributed by atoms with Crippen LogP contribution in [0.2, 0.25) is 0 Å². The minimum absolute atomic E-state index is 0.00886. The normalized spacial score (nSPS) is 12.6. The van der Waals surface area contributed by atoms with Gasteiger partial charge >= 0.3 is 5.97 Å². The second kappa shape index (κ2) is 61.1. The van der Waals surface area contributed by atoms with E-state index >= 15 is 0 Å². The van der Waals surface area contributed by atoms with E-state index in [-0.39, 0.29) is 18.5 Å². The highest BCUT2D eigenvalue weighted by atomic mass is 16.5. The Morgan fingerprint density at radius 2 is 0.662 bits per heavy atom. The zero-order chi connectivity index (χ0) is 51.4. The summed E-state index contributed by atoms with van der Waals surface area (Å²) >= 11 is 0. The third-order valence-corrected chi connectivity index (χ3v) is 15.3. The zero-order valence-electron chi connectivity index (χ0n) is 48.2. The molecule has 0 bridgehead atoms. The number of allylic oxidation sites excluding steroid dienone is 2. The third kappa shape index (κ3) is 57.7. The fourth-order valence-electron chi connectivity index (χ4n) is 10.3. The average Bonchev–Trinajstić information content (AvgIpc) is 3.37. The van der Waals surface area contributed by atoms with Crippen LogP contribution in [0, 0.1) is 0 Å². The minimum atomic E-state index is -0.662. The maximum atomic E-state index is 12.5. The maximum Gasteiger partial charge on any atom is 0.305 e. The van der Waals surface area contributed by atoms with Gasteiger partial charge in [-0.25, -0.2) is 0 Å². The molecule has 422 valence electrons. The lowest BCUT2D eigenvalue weighted by Crippen LogP contribution is -2.45. The van der Waals surface area contributed by atoms with Gasteiger partial charge in [0.15, 0.2) is 0 Å². The first-order chi connectivity index (χ1) is 35.0. The molecular weight excluding hydrogens is 875 g/mol. The van der Waals surface area contributed by atoms with Gasteiger partial charge in [-0.05, 0) is 51.4 Å². The summed E-state index contributed by atoms with van der Waals surface area (Å²) in [4.78, 5) is 24.6. The second-order valence-corrected chi connectivity index (χ2v) is 22.5. The number of amides is 1. The van der Waals surface area contributed by atoms with Gasteiger partial charge in [0, 0.05) is 12.8 Å². The molecule has 0 radical (unpaired) electrons. The van der Waals surface area contributed by atoms with Gasteiger partial charge in [-0.1, -0.05) is 315 Å². The molecule has 0 rings (SSSR count). The molecular formula is C65H127NO5. The number of hydrogen-bond donors (Lipinski definition) is 3. The highest BCUT2D eigenvalue weighted by Crippen LogP contribution is 2.18. The molecule has 0 aromatic rings. The Balaban J connectivity index is 3.35. The molecule has 0 saturated carbocycles. The van der Waals surface area contributed by atoms with Crippen molar-refractivity contribution in [3.05, 3.63) is 12.2 Å². The lowest BCUT2D eigenvalue weighted by Gasteiger charge is -2.22. The molecule has 3 N–H and O–H groups in total. The molecule has 0 saturated heterocycles. The Bertz CT molecular complexity index is 1060. The van der Waals surface area contributed by atoms with Crippen LogP contribution in [0.1, 0.15) is 367 Å². The summed E-state index contributed by atoms with van der Waals surface area (Å²) in [5.41, 5.74) is 0. The van der Waals surface area contributed by atoms with Crippen molar-refractivity contribution in [3.8, 4) is 0 Å². The van der Waals surface area contributed by atoms with Gasteiger partial charge in [-0.3, -0.25) is 9.59 Å². The molecule has 6 nitrogen and oxygen atoms in total. The number of aliphatic hydroxyl groups is 2. The Kier molecular flexibility index (Phi) is 59.9. The molecule has 0 heterocycles. The molecule has 6 heteroatoms. The molecule has 0 aromatic carbocycles. The van der Waals surface area contributed by atoms with Crippen LogP contribution in [0.5, 0.6) is 0 Å². The number of nitrogens with one attached hydrogen (secondary N) is 1. The second-order valence-electron chi connectivity index (χ2n) is 22.5. The highest BCUT2D eigenvalue weighted by Gasteiger charge is 2.20. The monoisotopic (exact) mass is 1000 g/mol. The molecule has 71 heavy (non-hydrogen) atoms. The summed E-state index contributed by atoms with van der Waals surface area (Å²) in [6, 6.07) is -0.539. The van der Waals surface area contributed by atoms with Crippen LogP contribution in [0.25, 0.3) is 0 Å². The lowest BCUT2D eigenvalue weighted by atomic mass is 10.0. The molecule has 0 spiro atoms. The van der Waals surface area contributed by atoms with E-state index < -0.39 is 12.1 Å². The van der Waals surface area contributed by atoms with Crippen molar-refractivity contribution in [3.63, 3.8) is 0 Å². The smallest absolute Gasteiger partial charge is 0.305 e. The lowest BCUT2D eigenvalue weighted by molar-refractivity contribution is -0.143. The number of carbonyl (C=O) groups is 2. The number of hydrogen-bond acceptors (Lipinski definition) is 5. The number of carbonyl (C=O) groups excluding carboxylic acids is 2. The molecule has 0 aliphatic carbocycles. The first-order valence-corrected chi connectivity index (χ1v) is 32.4. The minimum Gasteiger partial charge on any atom is -0.466 e. The Morgan fingerprint density at radius 1 is 0.380 bits per heavy atom. The van der Waals surface area contributed by atoms with E-state index in [0.29, 0.717) is 25.9 Å². The molecule has 0 fully saturated rings. The number of ether oxygens (including phenoxy) is 1. The maximum absolute atomic E-state index is 12.5. The van der Waals surface area contributed by atoms with E-state index in [4.69, 9.17) is 4.74 Å². The summed E-state index contributed by atoms with van der Waals surface area (Å²) < 4.78 is 5.49. The summed E-state index contributed by atoms with van der Waals surface area (Å²) in [5, 5.41) is 23.3. The predicted octanol–water partition coefficient (Wildman–Crippen LogP) is 20.4. The summed E-state index contributed by atoms with van der Waals surface area (Å²) in [6.07, 6.45) is 73.8. The topological polar surface area (TPSA) is 95.9 Å². The van der Waals surface area contributed by atoms with Crippen LogP contribution in [-0.2, 0) is 14.3 Å². The van der Waals surface area contributed by atoms with Crippen LogP contribution in [0.15, 0.2) is 12.2 Å². The van der Waals surface area contributed by atoms with Gasteiger partial charge in [-0.2, -0.15) is 0 Å².